The lowest BCUT2D eigenvalue weighted by molar-refractivity contribution is 0.0152. The van der Waals surface area contributed by atoms with Crippen molar-refractivity contribution in [1.82, 2.24) is 0 Å². The summed E-state index contributed by atoms with van der Waals surface area (Å²) < 4.78 is 10.7. The third kappa shape index (κ3) is 3.33. The van der Waals surface area contributed by atoms with Crippen LogP contribution < -0.4 is 9.47 Å². The summed E-state index contributed by atoms with van der Waals surface area (Å²) in [6, 6.07) is 5.85. The van der Waals surface area contributed by atoms with E-state index in [-0.39, 0.29) is 5.60 Å². The van der Waals surface area contributed by atoms with Crippen molar-refractivity contribution in [1.29, 1.82) is 0 Å². The highest BCUT2D eigenvalue weighted by Gasteiger charge is 2.33. The van der Waals surface area contributed by atoms with E-state index >= 15 is 0 Å². The van der Waals surface area contributed by atoms with Gasteiger partial charge in [0.1, 0.15) is 5.04 Å². The Balaban J connectivity index is 2.02. The molecule has 0 bridgehead atoms. The van der Waals surface area contributed by atoms with Crippen LogP contribution in [0.2, 0.25) is 0 Å². The minimum absolute atomic E-state index is 0.373. The Morgan fingerprint density at radius 2 is 2.20 bits per heavy atom. The number of methoxy groups -OCH3 is 2. The van der Waals surface area contributed by atoms with Crippen molar-refractivity contribution in [2.24, 2.45) is 5.16 Å². The first-order chi connectivity index (χ1) is 9.61. The average Bonchev–Trinajstić information content (AvgIpc) is 2.87. The number of hydrogen-bond acceptors (Lipinski definition) is 5. The van der Waals surface area contributed by atoms with Gasteiger partial charge in [0.25, 0.3) is 0 Å². The zero-order chi connectivity index (χ0) is 14.6. The van der Waals surface area contributed by atoms with E-state index < -0.39 is 0 Å². The molecule has 1 aliphatic rings. The van der Waals surface area contributed by atoms with Gasteiger partial charge in [0, 0.05) is 17.7 Å². The minimum atomic E-state index is -0.373. The summed E-state index contributed by atoms with van der Waals surface area (Å²) in [6.07, 6.45) is 0.744. The fraction of sp³-hybridized carbons (Fsp3) is 0.500. The molecule has 0 aromatic heterocycles. The van der Waals surface area contributed by atoms with Crippen LogP contribution in [0.1, 0.15) is 18.9 Å². The van der Waals surface area contributed by atoms with Crippen LogP contribution >= 0.6 is 23.4 Å². The number of ether oxygens (including phenoxy) is 2. The van der Waals surface area contributed by atoms with Crippen molar-refractivity contribution in [3.05, 3.63) is 23.8 Å². The van der Waals surface area contributed by atoms with E-state index in [1.807, 2.05) is 25.1 Å². The number of nitrogens with zero attached hydrogens (tertiary/aromatic N) is 1. The van der Waals surface area contributed by atoms with E-state index in [1.165, 1.54) is 0 Å². The number of hydrogen-bond donors (Lipinski definition) is 0. The molecule has 20 heavy (non-hydrogen) atoms. The molecule has 1 aromatic rings. The number of halogens is 1. The zero-order valence-corrected chi connectivity index (χ0v) is 13.4. The van der Waals surface area contributed by atoms with E-state index in [4.69, 9.17) is 25.9 Å². The number of para-hydroxylation sites is 1. The van der Waals surface area contributed by atoms with Crippen LogP contribution in [0, 0.1) is 0 Å². The van der Waals surface area contributed by atoms with E-state index in [0.717, 1.165) is 34.3 Å². The molecule has 0 amide bonds. The van der Waals surface area contributed by atoms with Gasteiger partial charge in [0.05, 0.1) is 20.1 Å². The number of alkyl halides is 1. The second-order valence-electron chi connectivity index (χ2n) is 4.78. The van der Waals surface area contributed by atoms with E-state index in [0.29, 0.717) is 5.88 Å². The summed E-state index contributed by atoms with van der Waals surface area (Å²) in [6.45, 7) is 1.96. The maximum absolute atomic E-state index is 5.87. The number of benzene rings is 1. The van der Waals surface area contributed by atoms with Crippen LogP contribution in [0.15, 0.2) is 23.4 Å². The van der Waals surface area contributed by atoms with Gasteiger partial charge in [-0.2, -0.15) is 0 Å². The monoisotopic (exact) mass is 315 g/mol. The number of thioether (sulfide) groups is 1. The molecule has 0 fully saturated rings. The second kappa shape index (κ2) is 6.59. The lowest BCUT2D eigenvalue weighted by Gasteiger charge is -2.16. The summed E-state index contributed by atoms with van der Waals surface area (Å²) >= 11 is 7.51. The molecule has 0 N–H and O–H groups in total. The van der Waals surface area contributed by atoms with E-state index in [1.54, 1.807) is 26.0 Å². The smallest absolute Gasteiger partial charge is 0.164 e. The van der Waals surface area contributed by atoms with Gasteiger partial charge in [-0.1, -0.05) is 17.3 Å². The molecule has 0 spiro atoms. The quantitative estimate of drug-likeness (QED) is 0.777. The Morgan fingerprint density at radius 3 is 2.80 bits per heavy atom. The largest absolute Gasteiger partial charge is 0.493 e. The summed E-state index contributed by atoms with van der Waals surface area (Å²) in [5.41, 5.74) is 0.696. The second-order valence-corrected chi connectivity index (χ2v) is 6.09. The fourth-order valence-corrected chi connectivity index (χ4v) is 3.11. The van der Waals surface area contributed by atoms with Crippen molar-refractivity contribution in [2.45, 2.75) is 24.7 Å². The molecule has 1 aromatic carbocycles. The topological polar surface area (TPSA) is 40.0 Å². The van der Waals surface area contributed by atoms with Crippen LogP contribution in [0.4, 0.5) is 0 Å². The van der Waals surface area contributed by atoms with Gasteiger partial charge in [0.2, 0.25) is 0 Å². The van der Waals surface area contributed by atoms with Crippen LogP contribution in [-0.2, 0) is 10.6 Å². The first-order valence-electron chi connectivity index (χ1n) is 6.25. The number of rotatable bonds is 5. The van der Waals surface area contributed by atoms with Crippen LogP contribution in [-0.4, -0.2) is 30.7 Å². The molecule has 1 aliphatic heterocycles. The Kier molecular flexibility index (Phi) is 5.05. The molecular formula is C14H18ClNO3S. The molecule has 0 saturated carbocycles. The van der Waals surface area contributed by atoms with Crippen molar-refractivity contribution >= 4 is 28.4 Å². The Labute approximate surface area is 128 Å². The first-order valence-corrected chi connectivity index (χ1v) is 7.77. The van der Waals surface area contributed by atoms with E-state index in [9.17, 15) is 0 Å². The highest BCUT2D eigenvalue weighted by molar-refractivity contribution is 8.13. The molecule has 110 valence electrons. The van der Waals surface area contributed by atoms with E-state index in [2.05, 4.69) is 5.16 Å². The minimum Gasteiger partial charge on any atom is -0.493 e. The molecular weight excluding hydrogens is 298 g/mol. The maximum Gasteiger partial charge on any atom is 0.164 e. The van der Waals surface area contributed by atoms with Gasteiger partial charge < -0.3 is 14.3 Å². The third-order valence-electron chi connectivity index (χ3n) is 3.05. The average molecular weight is 316 g/mol. The summed E-state index contributed by atoms with van der Waals surface area (Å²) in [5, 5.41) is 5.05. The molecule has 0 radical (unpaired) electrons. The van der Waals surface area contributed by atoms with Crippen LogP contribution in [0.25, 0.3) is 0 Å². The lowest BCUT2D eigenvalue weighted by atomic mass is 10.1. The molecule has 2 rings (SSSR count). The van der Waals surface area contributed by atoms with Crippen molar-refractivity contribution in [3.8, 4) is 11.5 Å². The number of oxime groups is 1. The van der Waals surface area contributed by atoms with Gasteiger partial charge >= 0.3 is 0 Å². The predicted octanol–water partition coefficient (Wildman–Crippen LogP) is 3.67. The van der Waals surface area contributed by atoms with Gasteiger partial charge in [-0.3, -0.25) is 0 Å². The van der Waals surface area contributed by atoms with Crippen LogP contribution in [0.5, 0.6) is 11.5 Å². The summed E-state index contributed by atoms with van der Waals surface area (Å²) in [4.78, 5) is 5.37. The molecule has 6 heteroatoms. The fourth-order valence-electron chi connectivity index (χ4n) is 1.92. The summed E-state index contributed by atoms with van der Waals surface area (Å²) in [5.74, 6) is 2.69. The molecule has 1 unspecified atom stereocenters. The van der Waals surface area contributed by atoms with Gasteiger partial charge in [0.15, 0.2) is 17.1 Å². The highest BCUT2D eigenvalue weighted by Crippen LogP contribution is 2.35. The van der Waals surface area contributed by atoms with Crippen molar-refractivity contribution in [2.75, 3.05) is 20.1 Å². The molecule has 4 nitrogen and oxygen atoms in total. The molecule has 1 heterocycles. The normalized spacial score (nSPS) is 21.3. The Morgan fingerprint density at radius 1 is 1.40 bits per heavy atom. The van der Waals surface area contributed by atoms with Gasteiger partial charge in [-0.25, -0.2) is 0 Å². The third-order valence-corrected chi connectivity index (χ3v) is 4.63. The van der Waals surface area contributed by atoms with Crippen molar-refractivity contribution in [3.63, 3.8) is 0 Å². The molecule has 0 saturated heterocycles. The van der Waals surface area contributed by atoms with Crippen LogP contribution in [0.3, 0.4) is 0 Å². The van der Waals surface area contributed by atoms with Gasteiger partial charge in [-0.15, -0.1) is 23.4 Å². The highest BCUT2D eigenvalue weighted by atomic mass is 35.5. The summed E-state index contributed by atoms with van der Waals surface area (Å²) in [7, 11) is 3.28. The maximum atomic E-state index is 5.87. The molecule has 1 atom stereocenters. The SMILES string of the molecule is COc1cccc(CSC2=NOC(C)(CCl)C2)c1OC. The standard InChI is InChI=1S/C14H18ClNO3S/c1-14(9-15)7-12(16-19-14)20-8-10-5-4-6-11(17-2)13(10)18-3/h4-6H,7-9H2,1-3H3. The molecule has 0 aliphatic carbocycles. The van der Waals surface area contributed by atoms with Crippen molar-refractivity contribution < 1.29 is 14.3 Å². The zero-order valence-electron chi connectivity index (χ0n) is 11.8. The van der Waals surface area contributed by atoms with Gasteiger partial charge in [-0.05, 0) is 13.0 Å². The Hall–Kier alpha value is -1.07. The predicted molar refractivity (Wildman–Crippen MR) is 83.1 cm³/mol. The first kappa shape index (κ1) is 15.3. The lowest BCUT2D eigenvalue weighted by Crippen LogP contribution is -2.26. The Bertz CT molecular complexity index is 509.